The Balaban J connectivity index is 1.83. The predicted molar refractivity (Wildman–Crippen MR) is 89.8 cm³/mol. The summed E-state index contributed by atoms with van der Waals surface area (Å²) in [6.07, 6.45) is 1.86. The predicted octanol–water partition coefficient (Wildman–Crippen LogP) is 4.78. The number of H-pyrrole nitrogens is 1. The fraction of sp³-hybridized carbons (Fsp3) is 0.211. The summed E-state index contributed by atoms with van der Waals surface area (Å²) >= 11 is 0. The largest absolute Gasteiger partial charge is 0.493 e. The molecule has 3 nitrogen and oxygen atoms in total. The number of rotatable bonds is 5. The summed E-state index contributed by atoms with van der Waals surface area (Å²) in [6, 6.07) is 18.2. The van der Waals surface area contributed by atoms with Crippen molar-refractivity contribution in [3.63, 3.8) is 0 Å². The van der Waals surface area contributed by atoms with Gasteiger partial charge in [0.2, 0.25) is 0 Å². The smallest absolute Gasteiger partial charge is 0.137 e. The Morgan fingerprint density at radius 2 is 1.77 bits per heavy atom. The molecule has 112 valence electrons. The lowest BCUT2D eigenvalue weighted by atomic mass is 10.1. The lowest BCUT2D eigenvalue weighted by Crippen LogP contribution is -2.04. The number of nitrogens with one attached hydrogen (secondary N) is 1. The van der Waals surface area contributed by atoms with Crippen molar-refractivity contribution in [3.8, 4) is 28.4 Å². The first-order valence-electron chi connectivity index (χ1n) is 7.56. The molecule has 22 heavy (non-hydrogen) atoms. The van der Waals surface area contributed by atoms with E-state index < -0.39 is 0 Å². The zero-order valence-corrected chi connectivity index (χ0v) is 12.9. The summed E-state index contributed by atoms with van der Waals surface area (Å²) in [5, 5.41) is 0. The minimum absolute atomic E-state index is 0.514. The summed E-state index contributed by atoms with van der Waals surface area (Å²) in [7, 11) is 0. The van der Waals surface area contributed by atoms with Crippen LogP contribution in [0, 0.1) is 5.92 Å². The van der Waals surface area contributed by atoms with Crippen LogP contribution in [0.3, 0.4) is 0 Å². The maximum absolute atomic E-state index is 5.79. The molecule has 0 aliphatic carbocycles. The van der Waals surface area contributed by atoms with Gasteiger partial charge in [0.05, 0.1) is 18.5 Å². The summed E-state index contributed by atoms with van der Waals surface area (Å²) in [5.41, 5.74) is 3.16. The number of benzene rings is 2. The van der Waals surface area contributed by atoms with Crippen molar-refractivity contribution in [2.24, 2.45) is 5.92 Å². The Morgan fingerprint density at radius 3 is 2.55 bits per heavy atom. The monoisotopic (exact) mass is 292 g/mol. The average molecular weight is 292 g/mol. The van der Waals surface area contributed by atoms with Crippen LogP contribution in [0.1, 0.15) is 13.8 Å². The molecule has 1 N–H and O–H groups in total. The van der Waals surface area contributed by atoms with Crippen LogP contribution in [0.2, 0.25) is 0 Å². The Morgan fingerprint density at radius 1 is 1.00 bits per heavy atom. The van der Waals surface area contributed by atoms with Crippen LogP contribution in [0.4, 0.5) is 0 Å². The van der Waals surface area contributed by atoms with Gasteiger partial charge in [0, 0.05) is 11.1 Å². The molecule has 0 aliphatic heterocycles. The van der Waals surface area contributed by atoms with Crippen LogP contribution in [-0.4, -0.2) is 16.6 Å². The molecule has 0 amide bonds. The van der Waals surface area contributed by atoms with E-state index in [4.69, 9.17) is 4.74 Å². The van der Waals surface area contributed by atoms with Gasteiger partial charge in [0.25, 0.3) is 0 Å². The van der Waals surface area contributed by atoms with Gasteiger partial charge in [0.15, 0.2) is 0 Å². The maximum Gasteiger partial charge on any atom is 0.137 e. The van der Waals surface area contributed by atoms with Crippen molar-refractivity contribution in [1.29, 1.82) is 0 Å². The van der Waals surface area contributed by atoms with Gasteiger partial charge in [0.1, 0.15) is 11.6 Å². The van der Waals surface area contributed by atoms with Crippen molar-refractivity contribution >= 4 is 0 Å². The number of hydrogen-bond donors (Lipinski definition) is 1. The van der Waals surface area contributed by atoms with Gasteiger partial charge < -0.3 is 9.72 Å². The van der Waals surface area contributed by atoms with Crippen molar-refractivity contribution in [2.45, 2.75) is 13.8 Å². The Kier molecular flexibility index (Phi) is 4.24. The van der Waals surface area contributed by atoms with E-state index in [0.717, 1.165) is 35.0 Å². The standard InChI is InChI=1S/C19H20N2O/c1-14(2)13-22-17-10-6-9-16(11-17)18-12-20-19(21-18)15-7-4-3-5-8-15/h3-12,14H,13H2,1-2H3,(H,20,21). The van der Waals surface area contributed by atoms with Crippen LogP contribution in [-0.2, 0) is 0 Å². The average Bonchev–Trinajstić information content (AvgIpc) is 3.04. The molecule has 3 rings (SSSR count). The van der Waals surface area contributed by atoms with Crippen LogP contribution in [0.15, 0.2) is 60.8 Å². The second-order valence-corrected chi connectivity index (χ2v) is 5.74. The molecular weight excluding hydrogens is 272 g/mol. The Bertz CT molecular complexity index is 732. The van der Waals surface area contributed by atoms with Gasteiger partial charge >= 0.3 is 0 Å². The maximum atomic E-state index is 5.79. The van der Waals surface area contributed by atoms with Crippen LogP contribution < -0.4 is 4.74 Å². The Hall–Kier alpha value is -2.55. The third-order valence-electron chi connectivity index (χ3n) is 3.35. The third-order valence-corrected chi connectivity index (χ3v) is 3.35. The SMILES string of the molecule is CC(C)COc1cccc(-c2cnc(-c3ccccc3)[nH]2)c1. The molecule has 0 bridgehead atoms. The molecule has 0 spiro atoms. The number of nitrogens with zero attached hydrogens (tertiary/aromatic N) is 1. The van der Waals surface area contributed by atoms with Gasteiger partial charge in [-0.1, -0.05) is 56.3 Å². The van der Waals surface area contributed by atoms with E-state index in [2.05, 4.69) is 29.9 Å². The lowest BCUT2D eigenvalue weighted by molar-refractivity contribution is 0.271. The van der Waals surface area contributed by atoms with E-state index in [0.29, 0.717) is 5.92 Å². The fourth-order valence-electron chi connectivity index (χ4n) is 2.23. The molecule has 2 aromatic carbocycles. The highest BCUT2D eigenvalue weighted by Crippen LogP contribution is 2.25. The molecule has 0 atom stereocenters. The molecule has 1 aromatic heterocycles. The molecule has 0 fully saturated rings. The van der Waals surface area contributed by atoms with E-state index in [-0.39, 0.29) is 0 Å². The van der Waals surface area contributed by atoms with Crippen LogP contribution in [0.5, 0.6) is 5.75 Å². The lowest BCUT2D eigenvalue weighted by Gasteiger charge is -2.09. The molecule has 0 saturated heterocycles. The Labute approximate surface area is 131 Å². The molecule has 0 unspecified atom stereocenters. The van der Waals surface area contributed by atoms with Crippen molar-refractivity contribution in [1.82, 2.24) is 9.97 Å². The number of aromatic nitrogens is 2. The van der Waals surface area contributed by atoms with Gasteiger partial charge in [-0.15, -0.1) is 0 Å². The highest BCUT2D eigenvalue weighted by atomic mass is 16.5. The van der Waals surface area contributed by atoms with Crippen LogP contribution in [0.25, 0.3) is 22.6 Å². The molecular formula is C19H20N2O. The number of hydrogen-bond acceptors (Lipinski definition) is 2. The molecule has 0 aliphatic rings. The zero-order chi connectivity index (χ0) is 15.4. The molecule has 1 heterocycles. The fourth-order valence-corrected chi connectivity index (χ4v) is 2.23. The summed E-state index contributed by atoms with van der Waals surface area (Å²) in [6.45, 7) is 5.01. The normalized spacial score (nSPS) is 10.9. The highest BCUT2D eigenvalue weighted by molar-refractivity contribution is 5.65. The summed E-state index contributed by atoms with van der Waals surface area (Å²) in [4.78, 5) is 7.84. The second-order valence-electron chi connectivity index (χ2n) is 5.74. The zero-order valence-electron chi connectivity index (χ0n) is 12.9. The first-order chi connectivity index (χ1) is 10.7. The quantitative estimate of drug-likeness (QED) is 0.735. The molecule has 0 saturated carbocycles. The molecule has 3 aromatic rings. The van der Waals surface area contributed by atoms with Crippen LogP contribution >= 0.6 is 0 Å². The van der Waals surface area contributed by atoms with Gasteiger partial charge in [-0.3, -0.25) is 0 Å². The van der Waals surface area contributed by atoms with Crippen molar-refractivity contribution in [2.75, 3.05) is 6.61 Å². The number of ether oxygens (including phenoxy) is 1. The van der Waals surface area contributed by atoms with E-state index >= 15 is 0 Å². The number of aromatic amines is 1. The highest BCUT2D eigenvalue weighted by Gasteiger charge is 2.06. The topological polar surface area (TPSA) is 37.9 Å². The molecule has 3 heteroatoms. The van der Waals surface area contributed by atoms with Crippen molar-refractivity contribution < 1.29 is 4.74 Å². The molecule has 0 radical (unpaired) electrons. The summed E-state index contributed by atoms with van der Waals surface area (Å²) in [5.74, 6) is 2.28. The minimum Gasteiger partial charge on any atom is -0.493 e. The third kappa shape index (κ3) is 3.37. The van der Waals surface area contributed by atoms with Gasteiger partial charge in [-0.05, 0) is 18.1 Å². The summed E-state index contributed by atoms with van der Waals surface area (Å²) < 4.78 is 5.79. The van der Waals surface area contributed by atoms with Crippen molar-refractivity contribution in [3.05, 3.63) is 60.8 Å². The van der Waals surface area contributed by atoms with E-state index in [1.165, 1.54) is 0 Å². The van der Waals surface area contributed by atoms with E-state index in [1.807, 2.05) is 54.7 Å². The van der Waals surface area contributed by atoms with Gasteiger partial charge in [-0.2, -0.15) is 0 Å². The first kappa shape index (κ1) is 14.4. The van der Waals surface area contributed by atoms with Gasteiger partial charge in [-0.25, -0.2) is 4.98 Å². The second kappa shape index (κ2) is 6.48. The first-order valence-corrected chi connectivity index (χ1v) is 7.56. The number of imidazole rings is 1. The van der Waals surface area contributed by atoms with E-state index in [9.17, 15) is 0 Å². The minimum atomic E-state index is 0.514. The van der Waals surface area contributed by atoms with E-state index in [1.54, 1.807) is 0 Å².